The largest absolute Gasteiger partial charge is 0.444 e. The third kappa shape index (κ3) is 3.33. The van der Waals surface area contributed by atoms with E-state index in [1.165, 1.54) is 0 Å². The number of piperidine rings is 1. The molecule has 5 heteroatoms. The van der Waals surface area contributed by atoms with E-state index in [-0.39, 0.29) is 17.4 Å². The molecular weight excluding hydrogens is 268 g/mol. The summed E-state index contributed by atoms with van der Waals surface area (Å²) in [6, 6.07) is 0. The Kier molecular flexibility index (Phi) is 4.49. The van der Waals surface area contributed by atoms with Crippen molar-refractivity contribution in [1.82, 2.24) is 10.2 Å². The lowest BCUT2D eigenvalue weighted by Gasteiger charge is -2.41. The zero-order valence-electron chi connectivity index (χ0n) is 13.7. The first-order valence-corrected chi connectivity index (χ1v) is 8.05. The number of hydrogen-bond donors (Lipinski definition) is 1. The first kappa shape index (κ1) is 16.1. The second-order valence-electron chi connectivity index (χ2n) is 7.32. The van der Waals surface area contributed by atoms with Crippen LogP contribution in [0.5, 0.6) is 0 Å². The molecule has 2 saturated heterocycles. The molecule has 2 rings (SSSR count). The van der Waals surface area contributed by atoms with E-state index in [4.69, 9.17) is 4.74 Å². The molecule has 2 aliphatic rings. The van der Waals surface area contributed by atoms with Crippen LogP contribution in [0.15, 0.2) is 0 Å². The normalized spacial score (nSPS) is 25.0. The van der Waals surface area contributed by atoms with E-state index in [1.807, 2.05) is 20.8 Å². The maximum absolute atomic E-state index is 12.3. The number of nitrogens with zero attached hydrogens (tertiary/aromatic N) is 1. The minimum absolute atomic E-state index is 0.185. The van der Waals surface area contributed by atoms with Crippen LogP contribution in [0.2, 0.25) is 0 Å². The molecular formula is C16H28N2O3. The molecule has 1 unspecified atom stereocenters. The van der Waals surface area contributed by atoms with Gasteiger partial charge in [0, 0.05) is 19.6 Å². The van der Waals surface area contributed by atoms with Crippen LogP contribution in [0.25, 0.3) is 0 Å². The molecule has 0 radical (unpaired) electrons. The number of likely N-dealkylation sites (tertiary alicyclic amines) is 1. The smallest absolute Gasteiger partial charge is 0.410 e. The molecule has 2 aliphatic heterocycles. The summed E-state index contributed by atoms with van der Waals surface area (Å²) in [5.41, 5.74) is -0.726. The SMILES string of the molecule is CCCC1CNC(=O)C12CCN(C(=O)OC(C)(C)C)CC2. The Balaban J connectivity index is 1.98. The number of hydrogen-bond acceptors (Lipinski definition) is 3. The molecule has 2 amide bonds. The second kappa shape index (κ2) is 5.85. The van der Waals surface area contributed by atoms with E-state index in [9.17, 15) is 9.59 Å². The second-order valence-corrected chi connectivity index (χ2v) is 7.32. The number of rotatable bonds is 2. The van der Waals surface area contributed by atoms with Crippen molar-refractivity contribution in [3.05, 3.63) is 0 Å². The van der Waals surface area contributed by atoms with Gasteiger partial charge in [-0.25, -0.2) is 4.79 Å². The molecule has 1 atom stereocenters. The molecule has 5 nitrogen and oxygen atoms in total. The van der Waals surface area contributed by atoms with Gasteiger partial charge in [0.25, 0.3) is 0 Å². The van der Waals surface area contributed by atoms with E-state index >= 15 is 0 Å². The van der Waals surface area contributed by atoms with Crippen molar-refractivity contribution < 1.29 is 14.3 Å². The number of carbonyl (C=O) groups excluding carboxylic acids is 2. The highest BCUT2D eigenvalue weighted by atomic mass is 16.6. The van der Waals surface area contributed by atoms with Gasteiger partial charge in [-0.3, -0.25) is 4.79 Å². The predicted molar refractivity (Wildman–Crippen MR) is 80.9 cm³/mol. The lowest BCUT2D eigenvalue weighted by atomic mass is 9.69. The molecule has 1 N–H and O–H groups in total. The number of amides is 2. The minimum Gasteiger partial charge on any atom is -0.444 e. The third-order valence-electron chi connectivity index (χ3n) is 4.69. The minimum atomic E-state index is -0.471. The van der Waals surface area contributed by atoms with Crippen molar-refractivity contribution in [1.29, 1.82) is 0 Å². The van der Waals surface area contributed by atoms with Crippen LogP contribution >= 0.6 is 0 Å². The molecule has 0 aromatic carbocycles. The Morgan fingerprint density at radius 2 is 2.00 bits per heavy atom. The molecule has 0 aliphatic carbocycles. The van der Waals surface area contributed by atoms with Crippen LogP contribution < -0.4 is 5.32 Å². The Morgan fingerprint density at radius 3 is 2.52 bits per heavy atom. The zero-order valence-corrected chi connectivity index (χ0v) is 13.7. The van der Waals surface area contributed by atoms with Crippen LogP contribution in [0, 0.1) is 11.3 Å². The molecule has 1 spiro atoms. The summed E-state index contributed by atoms with van der Waals surface area (Å²) in [6.07, 6.45) is 3.41. The molecule has 21 heavy (non-hydrogen) atoms. The Morgan fingerprint density at radius 1 is 1.38 bits per heavy atom. The molecule has 2 heterocycles. The molecule has 0 aromatic heterocycles. The maximum Gasteiger partial charge on any atom is 0.410 e. The predicted octanol–water partition coefficient (Wildman–Crippen LogP) is 2.55. The average molecular weight is 296 g/mol. The fourth-order valence-corrected chi connectivity index (χ4v) is 3.55. The summed E-state index contributed by atoms with van der Waals surface area (Å²) in [4.78, 5) is 26.1. The first-order valence-electron chi connectivity index (χ1n) is 8.05. The van der Waals surface area contributed by atoms with Gasteiger partial charge in [0.2, 0.25) is 5.91 Å². The highest BCUT2D eigenvalue weighted by Crippen LogP contribution is 2.44. The van der Waals surface area contributed by atoms with Crippen LogP contribution in [0.1, 0.15) is 53.4 Å². The first-order chi connectivity index (χ1) is 9.78. The van der Waals surface area contributed by atoms with Gasteiger partial charge in [0.05, 0.1) is 5.41 Å². The summed E-state index contributed by atoms with van der Waals surface area (Å²) in [7, 11) is 0. The van der Waals surface area contributed by atoms with Crippen LogP contribution in [-0.4, -0.2) is 42.1 Å². The summed E-state index contributed by atoms with van der Waals surface area (Å²) in [5.74, 6) is 0.598. The molecule has 120 valence electrons. The number of nitrogens with one attached hydrogen (secondary N) is 1. The molecule has 2 fully saturated rings. The van der Waals surface area contributed by atoms with Gasteiger partial charge in [-0.2, -0.15) is 0 Å². The van der Waals surface area contributed by atoms with E-state index in [0.717, 1.165) is 32.2 Å². The van der Waals surface area contributed by atoms with Crippen LogP contribution in [0.3, 0.4) is 0 Å². The van der Waals surface area contributed by atoms with Gasteiger partial charge >= 0.3 is 6.09 Å². The molecule has 0 saturated carbocycles. The average Bonchev–Trinajstić information content (AvgIpc) is 2.67. The molecule has 0 bridgehead atoms. The highest BCUT2D eigenvalue weighted by molar-refractivity contribution is 5.85. The van der Waals surface area contributed by atoms with Crippen molar-refractivity contribution in [3.8, 4) is 0 Å². The highest BCUT2D eigenvalue weighted by Gasteiger charge is 2.51. The van der Waals surface area contributed by atoms with Crippen molar-refractivity contribution in [2.24, 2.45) is 11.3 Å². The van der Waals surface area contributed by atoms with Gasteiger partial charge in [0.1, 0.15) is 5.60 Å². The van der Waals surface area contributed by atoms with Gasteiger partial charge in [-0.15, -0.1) is 0 Å². The third-order valence-corrected chi connectivity index (χ3v) is 4.69. The fraction of sp³-hybridized carbons (Fsp3) is 0.875. The van der Waals surface area contributed by atoms with Gasteiger partial charge in [0.15, 0.2) is 0 Å². The quantitative estimate of drug-likeness (QED) is 0.852. The Labute approximate surface area is 127 Å². The van der Waals surface area contributed by atoms with Crippen molar-refractivity contribution in [3.63, 3.8) is 0 Å². The topological polar surface area (TPSA) is 58.6 Å². The maximum atomic E-state index is 12.3. The summed E-state index contributed by atoms with van der Waals surface area (Å²) < 4.78 is 5.42. The van der Waals surface area contributed by atoms with Crippen LogP contribution in [0.4, 0.5) is 4.79 Å². The van der Waals surface area contributed by atoms with E-state index < -0.39 is 5.60 Å². The summed E-state index contributed by atoms with van der Waals surface area (Å²) in [6.45, 7) is 9.80. The Bertz CT molecular complexity index is 406. The monoisotopic (exact) mass is 296 g/mol. The van der Waals surface area contributed by atoms with Crippen molar-refractivity contribution >= 4 is 12.0 Å². The van der Waals surface area contributed by atoms with E-state index in [2.05, 4.69) is 12.2 Å². The van der Waals surface area contributed by atoms with Crippen molar-refractivity contribution in [2.45, 2.75) is 59.0 Å². The molecule has 0 aromatic rings. The van der Waals surface area contributed by atoms with Gasteiger partial charge in [-0.05, 0) is 46.0 Å². The fourth-order valence-electron chi connectivity index (χ4n) is 3.55. The van der Waals surface area contributed by atoms with Crippen molar-refractivity contribution in [2.75, 3.05) is 19.6 Å². The number of carbonyl (C=O) groups is 2. The lowest BCUT2D eigenvalue weighted by molar-refractivity contribution is -0.132. The zero-order chi connectivity index (χ0) is 15.7. The summed E-state index contributed by atoms with van der Waals surface area (Å²) >= 11 is 0. The van der Waals surface area contributed by atoms with E-state index in [1.54, 1.807) is 4.90 Å². The van der Waals surface area contributed by atoms with Crippen LogP contribution in [-0.2, 0) is 9.53 Å². The standard InChI is InChI=1S/C16H28N2O3/c1-5-6-12-11-17-13(19)16(12)7-9-18(10-8-16)14(20)21-15(2,3)4/h12H,5-11H2,1-4H3,(H,17,19). The lowest BCUT2D eigenvalue weighted by Crippen LogP contribution is -2.49. The number of ether oxygens (including phenoxy) is 1. The Hall–Kier alpha value is -1.26. The van der Waals surface area contributed by atoms with Gasteiger partial charge < -0.3 is 15.0 Å². The van der Waals surface area contributed by atoms with E-state index in [0.29, 0.717) is 19.0 Å². The van der Waals surface area contributed by atoms with Gasteiger partial charge in [-0.1, -0.05) is 13.3 Å². The summed E-state index contributed by atoms with van der Waals surface area (Å²) in [5, 5.41) is 3.02.